The molecule has 0 radical (unpaired) electrons. The maximum atomic E-state index is 3.77. The van der Waals surface area contributed by atoms with Gasteiger partial charge in [0.05, 0.1) is 5.69 Å². The van der Waals surface area contributed by atoms with E-state index in [1.165, 1.54) is 0 Å². The van der Waals surface area contributed by atoms with Crippen LogP contribution in [0, 0.1) is 0 Å². The standard InChI is InChI=1S/C22H19N/c1-2-3-12-19-13-10-11-18-22(19)23(20-14-6-4-7-15-20)21-16-8-5-9-17-21/h2-18H,1H2. The Balaban J connectivity index is 2.17. The number of allylic oxidation sites excluding steroid dienone is 2. The first-order chi connectivity index (χ1) is 11.4. The lowest BCUT2D eigenvalue weighted by atomic mass is 10.1. The molecule has 0 aliphatic heterocycles. The van der Waals surface area contributed by atoms with Crippen LogP contribution in [-0.2, 0) is 0 Å². The van der Waals surface area contributed by atoms with Crippen molar-refractivity contribution in [3.63, 3.8) is 0 Å². The fraction of sp³-hybridized carbons (Fsp3) is 0. The second-order valence-electron chi connectivity index (χ2n) is 5.16. The number of para-hydroxylation sites is 3. The van der Waals surface area contributed by atoms with Crippen molar-refractivity contribution in [3.8, 4) is 0 Å². The Morgan fingerprint density at radius 2 is 1.17 bits per heavy atom. The Morgan fingerprint density at radius 1 is 0.652 bits per heavy atom. The first-order valence-electron chi connectivity index (χ1n) is 7.68. The molecule has 0 saturated heterocycles. The number of rotatable bonds is 5. The predicted octanol–water partition coefficient (Wildman–Crippen LogP) is 6.36. The molecule has 0 aliphatic carbocycles. The van der Waals surface area contributed by atoms with Crippen LogP contribution in [0.25, 0.3) is 6.08 Å². The van der Waals surface area contributed by atoms with Crippen molar-refractivity contribution >= 4 is 23.1 Å². The van der Waals surface area contributed by atoms with Gasteiger partial charge in [0.15, 0.2) is 0 Å². The minimum Gasteiger partial charge on any atom is -0.310 e. The summed E-state index contributed by atoms with van der Waals surface area (Å²) in [6, 6.07) is 29.2. The molecule has 0 aliphatic rings. The van der Waals surface area contributed by atoms with Crippen LogP contribution in [0.2, 0.25) is 0 Å². The molecule has 0 saturated carbocycles. The molecule has 23 heavy (non-hydrogen) atoms. The molecule has 0 heterocycles. The highest BCUT2D eigenvalue weighted by Gasteiger charge is 2.13. The van der Waals surface area contributed by atoms with Gasteiger partial charge in [0.25, 0.3) is 0 Å². The summed E-state index contributed by atoms with van der Waals surface area (Å²) in [4.78, 5) is 2.27. The maximum absolute atomic E-state index is 3.77. The molecule has 1 heteroatoms. The van der Waals surface area contributed by atoms with Gasteiger partial charge < -0.3 is 4.90 Å². The Labute approximate surface area is 137 Å². The highest BCUT2D eigenvalue weighted by molar-refractivity contribution is 5.82. The van der Waals surface area contributed by atoms with Crippen LogP contribution < -0.4 is 4.90 Å². The van der Waals surface area contributed by atoms with Gasteiger partial charge in [-0.05, 0) is 35.9 Å². The Bertz CT molecular complexity index is 749. The zero-order valence-electron chi connectivity index (χ0n) is 13.0. The molecule has 0 N–H and O–H groups in total. The van der Waals surface area contributed by atoms with E-state index in [4.69, 9.17) is 0 Å². The normalized spacial score (nSPS) is 10.6. The molecule has 3 aromatic rings. The molecule has 0 fully saturated rings. The van der Waals surface area contributed by atoms with Gasteiger partial charge >= 0.3 is 0 Å². The van der Waals surface area contributed by atoms with E-state index in [9.17, 15) is 0 Å². The van der Waals surface area contributed by atoms with Crippen LogP contribution >= 0.6 is 0 Å². The molecular weight excluding hydrogens is 278 g/mol. The third-order valence-electron chi connectivity index (χ3n) is 3.62. The summed E-state index contributed by atoms with van der Waals surface area (Å²) in [5.41, 5.74) is 4.57. The number of anilines is 3. The van der Waals surface area contributed by atoms with E-state index in [-0.39, 0.29) is 0 Å². The van der Waals surface area contributed by atoms with Crippen LogP contribution in [0.15, 0.2) is 104 Å². The Hall–Kier alpha value is -3.06. The molecular formula is C22H19N. The van der Waals surface area contributed by atoms with Crippen molar-refractivity contribution in [2.75, 3.05) is 4.90 Å². The van der Waals surface area contributed by atoms with E-state index in [1.54, 1.807) is 6.08 Å². The lowest BCUT2D eigenvalue weighted by molar-refractivity contribution is 1.28. The summed E-state index contributed by atoms with van der Waals surface area (Å²) in [5, 5.41) is 0. The monoisotopic (exact) mass is 297 g/mol. The number of benzene rings is 3. The molecule has 3 rings (SSSR count). The summed E-state index contributed by atoms with van der Waals surface area (Å²) in [6.07, 6.45) is 5.85. The number of nitrogens with zero attached hydrogens (tertiary/aromatic N) is 1. The van der Waals surface area contributed by atoms with Gasteiger partial charge in [-0.15, -0.1) is 0 Å². The van der Waals surface area contributed by atoms with Gasteiger partial charge in [-0.3, -0.25) is 0 Å². The summed E-state index contributed by atoms with van der Waals surface area (Å²) in [6.45, 7) is 3.77. The summed E-state index contributed by atoms with van der Waals surface area (Å²) in [7, 11) is 0. The lowest BCUT2D eigenvalue weighted by Gasteiger charge is -2.27. The zero-order chi connectivity index (χ0) is 15.9. The largest absolute Gasteiger partial charge is 0.310 e. The molecule has 0 atom stereocenters. The van der Waals surface area contributed by atoms with Gasteiger partial charge in [0.2, 0.25) is 0 Å². The Kier molecular flexibility index (Phi) is 4.70. The van der Waals surface area contributed by atoms with Gasteiger partial charge in [-0.1, -0.05) is 79.4 Å². The summed E-state index contributed by atoms with van der Waals surface area (Å²) < 4.78 is 0. The predicted molar refractivity (Wildman–Crippen MR) is 100 cm³/mol. The van der Waals surface area contributed by atoms with E-state index < -0.39 is 0 Å². The SMILES string of the molecule is C=CC=Cc1ccccc1N(c1ccccc1)c1ccccc1. The van der Waals surface area contributed by atoms with Crippen LogP contribution in [0.3, 0.4) is 0 Å². The summed E-state index contributed by atoms with van der Waals surface area (Å²) >= 11 is 0. The fourth-order valence-electron chi connectivity index (χ4n) is 2.59. The van der Waals surface area contributed by atoms with Crippen LogP contribution in [0.1, 0.15) is 5.56 Å². The Morgan fingerprint density at radius 3 is 1.74 bits per heavy atom. The van der Waals surface area contributed by atoms with Gasteiger partial charge in [0.1, 0.15) is 0 Å². The molecule has 0 amide bonds. The van der Waals surface area contributed by atoms with E-state index in [1.807, 2.05) is 18.2 Å². The molecule has 3 aromatic carbocycles. The smallest absolute Gasteiger partial charge is 0.0533 e. The third kappa shape index (κ3) is 3.41. The third-order valence-corrected chi connectivity index (χ3v) is 3.62. The molecule has 0 bridgehead atoms. The average molecular weight is 297 g/mol. The second kappa shape index (κ2) is 7.28. The minimum atomic E-state index is 1.14. The van der Waals surface area contributed by atoms with Crippen molar-refractivity contribution < 1.29 is 0 Å². The maximum Gasteiger partial charge on any atom is 0.0533 e. The molecule has 112 valence electrons. The van der Waals surface area contributed by atoms with E-state index in [0.29, 0.717) is 0 Å². The second-order valence-corrected chi connectivity index (χ2v) is 5.16. The first kappa shape index (κ1) is 14.9. The number of hydrogen-bond acceptors (Lipinski definition) is 1. The van der Waals surface area contributed by atoms with Gasteiger partial charge in [-0.2, -0.15) is 0 Å². The van der Waals surface area contributed by atoms with Crippen molar-refractivity contribution in [3.05, 3.63) is 109 Å². The topological polar surface area (TPSA) is 3.24 Å². The molecule has 1 nitrogen and oxygen atoms in total. The van der Waals surface area contributed by atoms with E-state index in [2.05, 4.69) is 90.4 Å². The van der Waals surface area contributed by atoms with Crippen molar-refractivity contribution in [2.24, 2.45) is 0 Å². The molecule has 0 aromatic heterocycles. The summed E-state index contributed by atoms with van der Waals surface area (Å²) in [5.74, 6) is 0. The van der Waals surface area contributed by atoms with E-state index in [0.717, 1.165) is 22.6 Å². The van der Waals surface area contributed by atoms with Crippen LogP contribution in [-0.4, -0.2) is 0 Å². The highest BCUT2D eigenvalue weighted by atomic mass is 15.1. The first-order valence-corrected chi connectivity index (χ1v) is 7.68. The minimum absolute atomic E-state index is 1.14. The van der Waals surface area contributed by atoms with Gasteiger partial charge in [-0.25, -0.2) is 0 Å². The zero-order valence-corrected chi connectivity index (χ0v) is 13.0. The van der Waals surface area contributed by atoms with Gasteiger partial charge in [0, 0.05) is 11.4 Å². The average Bonchev–Trinajstić information content (AvgIpc) is 2.63. The van der Waals surface area contributed by atoms with Crippen molar-refractivity contribution in [1.29, 1.82) is 0 Å². The molecule has 0 spiro atoms. The van der Waals surface area contributed by atoms with Crippen molar-refractivity contribution in [2.45, 2.75) is 0 Å². The van der Waals surface area contributed by atoms with Crippen molar-refractivity contribution in [1.82, 2.24) is 0 Å². The fourth-order valence-corrected chi connectivity index (χ4v) is 2.59. The lowest BCUT2D eigenvalue weighted by Crippen LogP contribution is -2.10. The molecule has 0 unspecified atom stereocenters. The highest BCUT2D eigenvalue weighted by Crippen LogP contribution is 2.36. The quantitative estimate of drug-likeness (QED) is 0.495. The number of hydrogen-bond donors (Lipinski definition) is 0. The van der Waals surface area contributed by atoms with Crippen LogP contribution in [0.5, 0.6) is 0 Å². The van der Waals surface area contributed by atoms with Crippen LogP contribution in [0.4, 0.5) is 17.1 Å². The van der Waals surface area contributed by atoms with E-state index >= 15 is 0 Å².